The minimum Gasteiger partial charge on any atom is -0.219 e. The summed E-state index contributed by atoms with van der Waals surface area (Å²) in [6.07, 6.45) is -24.0. The van der Waals surface area contributed by atoms with Gasteiger partial charge in [0.1, 0.15) is 0 Å². The number of hydrogen-bond donors (Lipinski definition) is 0. The van der Waals surface area contributed by atoms with Crippen molar-refractivity contribution in [3.63, 3.8) is 0 Å². The summed E-state index contributed by atoms with van der Waals surface area (Å²) in [5.41, 5.74) is 0. The molecule has 0 heterocycles. The van der Waals surface area contributed by atoms with E-state index in [1.807, 2.05) is 0 Å². The number of halogens is 15. The predicted molar refractivity (Wildman–Crippen MR) is 144 cm³/mol. The van der Waals surface area contributed by atoms with Crippen LogP contribution >= 0.6 is 10.0 Å². The van der Waals surface area contributed by atoms with Gasteiger partial charge in [0.05, 0.1) is 0 Å². The molecule has 0 aliphatic carbocycles. The second kappa shape index (κ2) is 12.2. The Labute approximate surface area is 273 Å². The van der Waals surface area contributed by atoms with Gasteiger partial charge in [0.15, 0.2) is 0 Å². The number of alkyl halides is 15. The van der Waals surface area contributed by atoms with Gasteiger partial charge >= 0.3 is 37.0 Å². The van der Waals surface area contributed by atoms with E-state index in [0.29, 0.717) is 36.4 Å². The monoisotopic (exact) mass is 824 g/mol. The highest BCUT2D eigenvalue weighted by Gasteiger charge is 2.94. The lowest BCUT2D eigenvalue weighted by molar-refractivity contribution is -0.243. The quantitative estimate of drug-likeness (QED) is 0.191. The lowest BCUT2D eigenvalue weighted by Gasteiger charge is -2.54. The SMILES string of the molecule is O=S(=O)(C(F)(F)C(F)(F)F)C(S(c1ccccc1)(c1ccccc1)c1ccccc1)(S(=O)(=O)C(F)(F)C(F)(F)F)S(=O)(=O)C(F)(F)C(F)(F)F. The molecular formula is C25H15F15O6S4. The Kier molecular flexibility index (Phi) is 10.1. The fourth-order valence-electron chi connectivity index (χ4n) is 4.57. The van der Waals surface area contributed by atoms with Crippen LogP contribution in [-0.4, -0.2) is 62.3 Å². The standard InChI is InChI=1S/C25H15F15O6S4/c26-19(27,28)22(35,36)48(41,42)25(49(43,44)23(37,38)20(29,30)31,50(45,46)24(39,40)21(32,33)34)47(16-10-4-1-5-11-16,17-12-6-2-7-13-17)18-14-8-3-9-15-18/h1-15H. The molecule has 0 atom stereocenters. The molecule has 50 heavy (non-hydrogen) atoms. The zero-order chi connectivity index (χ0) is 38.8. The summed E-state index contributed by atoms with van der Waals surface area (Å²) >= 11 is 0. The van der Waals surface area contributed by atoms with Crippen molar-refractivity contribution in [2.24, 2.45) is 0 Å². The first kappa shape index (κ1) is 41.2. The summed E-state index contributed by atoms with van der Waals surface area (Å²) in [4.78, 5) is -5.37. The number of sulfone groups is 3. The largest absolute Gasteiger partial charge is 0.469 e. The molecule has 0 N–H and O–H groups in total. The molecule has 3 rings (SSSR count). The van der Waals surface area contributed by atoms with Gasteiger partial charge in [-0.3, -0.25) is 0 Å². The van der Waals surface area contributed by atoms with Crippen molar-refractivity contribution in [2.75, 3.05) is 0 Å². The summed E-state index contributed by atoms with van der Waals surface area (Å²) in [6.45, 7) is 0. The highest BCUT2D eigenvalue weighted by molar-refractivity contribution is 8.56. The zero-order valence-corrected chi connectivity index (χ0v) is 26.7. The van der Waals surface area contributed by atoms with Crippen molar-refractivity contribution in [1.82, 2.24) is 0 Å². The molecule has 0 unspecified atom stereocenters. The average Bonchev–Trinajstić information content (AvgIpc) is 2.98. The number of hydrogen-bond acceptors (Lipinski definition) is 6. The van der Waals surface area contributed by atoms with Crippen molar-refractivity contribution in [2.45, 2.75) is 51.7 Å². The number of benzene rings is 3. The van der Waals surface area contributed by atoms with Crippen molar-refractivity contribution < 1.29 is 91.1 Å². The molecule has 6 nitrogen and oxygen atoms in total. The summed E-state index contributed by atoms with van der Waals surface area (Å²) in [7, 11) is -36.2. The highest BCUT2D eigenvalue weighted by atomic mass is 32.4. The Morgan fingerprint density at radius 2 is 0.500 bits per heavy atom. The maximum atomic E-state index is 15.4. The minimum atomic E-state index is -9.78. The minimum absolute atomic E-state index is 0.119. The van der Waals surface area contributed by atoms with Crippen molar-refractivity contribution >= 4 is 39.5 Å². The predicted octanol–water partition coefficient (Wildman–Crippen LogP) is 8.29. The van der Waals surface area contributed by atoms with E-state index in [4.69, 9.17) is 0 Å². The second-order valence-corrected chi connectivity index (χ2v) is 20.8. The van der Waals surface area contributed by atoms with Gasteiger partial charge in [-0.25, -0.2) is 25.3 Å². The van der Waals surface area contributed by atoms with Crippen molar-refractivity contribution in [3.8, 4) is 0 Å². The molecule has 3 aromatic rings. The van der Waals surface area contributed by atoms with Gasteiger partial charge in [0.25, 0.3) is 29.5 Å². The van der Waals surface area contributed by atoms with Crippen LogP contribution in [0.1, 0.15) is 0 Å². The number of rotatable bonds is 10. The normalized spacial score (nSPS) is 15.5. The first-order valence-electron chi connectivity index (χ1n) is 12.4. The van der Waals surface area contributed by atoms with E-state index in [9.17, 15) is 64.8 Å². The molecule has 0 aliphatic rings. The zero-order valence-electron chi connectivity index (χ0n) is 23.4. The van der Waals surface area contributed by atoms with Crippen LogP contribution in [0.5, 0.6) is 0 Å². The Balaban J connectivity index is 3.23. The summed E-state index contributed by atoms with van der Waals surface area (Å²) < 4.78 is 294. The average molecular weight is 825 g/mol. The molecule has 3 aromatic carbocycles. The first-order chi connectivity index (χ1) is 22.3. The molecule has 0 saturated carbocycles. The summed E-state index contributed by atoms with van der Waals surface area (Å²) in [6, 6.07) is 6.00. The van der Waals surface area contributed by atoms with E-state index < -0.39 is 91.3 Å². The van der Waals surface area contributed by atoms with Crippen LogP contribution in [-0.2, 0) is 29.5 Å². The topological polar surface area (TPSA) is 102 Å². The third kappa shape index (κ3) is 5.18. The van der Waals surface area contributed by atoms with Gasteiger partial charge in [-0.1, -0.05) is 54.6 Å². The smallest absolute Gasteiger partial charge is 0.219 e. The van der Waals surface area contributed by atoms with Crippen LogP contribution in [0, 0.1) is 0 Å². The molecule has 0 aliphatic heterocycles. The van der Waals surface area contributed by atoms with E-state index in [2.05, 4.69) is 0 Å². The highest BCUT2D eigenvalue weighted by Crippen LogP contribution is 2.83. The second-order valence-electron chi connectivity index (χ2n) is 9.61. The molecule has 280 valence electrons. The van der Waals surface area contributed by atoms with Crippen LogP contribution < -0.4 is 0 Å². The molecule has 25 heteroatoms. The van der Waals surface area contributed by atoms with Crippen LogP contribution in [0.15, 0.2) is 106 Å². The van der Waals surface area contributed by atoms with Gasteiger partial charge < -0.3 is 0 Å². The third-order valence-corrected chi connectivity index (χ3v) is 23.2. The van der Waals surface area contributed by atoms with E-state index in [0.717, 1.165) is 18.2 Å². The van der Waals surface area contributed by atoms with Crippen LogP contribution in [0.25, 0.3) is 0 Å². The van der Waals surface area contributed by atoms with Crippen LogP contribution in [0.2, 0.25) is 0 Å². The van der Waals surface area contributed by atoms with E-state index >= 15 is 26.3 Å². The Morgan fingerprint density at radius 3 is 0.660 bits per heavy atom. The van der Waals surface area contributed by atoms with Gasteiger partial charge in [-0.05, 0) is 36.4 Å². The molecule has 0 spiro atoms. The van der Waals surface area contributed by atoms with E-state index in [1.165, 1.54) is 0 Å². The fraction of sp³-hybridized carbons (Fsp3) is 0.280. The van der Waals surface area contributed by atoms with Gasteiger partial charge in [-0.15, -0.1) is 10.0 Å². The Hall–Kier alpha value is -3.19. The lowest BCUT2D eigenvalue weighted by Crippen LogP contribution is -2.71. The Bertz CT molecular complexity index is 1800. The Morgan fingerprint density at radius 1 is 0.320 bits per heavy atom. The molecule has 0 aromatic heterocycles. The fourth-order valence-corrected chi connectivity index (χ4v) is 22.6. The van der Waals surface area contributed by atoms with Gasteiger partial charge in [0.2, 0.25) is 0 Å². The maximum absolute atomic E-state index is 15.4. The summed E-state index contributed by atoms with van der Waals surface area (Å²) in [5, 5.41) is -24.9. The van der Waals surface area contributed by atoms with Crippen LogP contribution in [0.3, 0.4) is 0 Å². The molecule has 0 bridgehead atoms. The molecular weight excluding hydrogens is 810 g/mol. The first-order valence-corrected chi connectivity index (χ1v) is 18.4. The maximum Gasteiger partial charge on any atom is 0.469 e. The van der Waals surface area contributed by atoms with Gasteiger partial charge in [-0.2, -0.15) is 65.9 Å². The van der Waals surface area contributed by atoms with E-state index in [-0.39, 0.29) is 36.4 Å². The van der Waals surface area contributed by atoms with Crippen molar-refractivity contribution in [1.29, 1.82) is 0 Å². The summed E-state index contributed by atoms with van der Waals surface area (Å²) in [5.74, 6) is 0. The molecule has 0 saturated heterocycles. The molecule has 0 radical (unpaired) electrons. The van der Waals surface area contributed by atoms with Crippen molar-refractivity contribution in [3.05, 3.63) is 91.0 Å². The van der Waals surface area contributed by atoms with E-state index in [1.54, 1.807) is 0 Å². The lowest BCUT2D eigenvalue weighted by atomic mass is 10.4. The third-order valence-electron chi connectivity index (χ3n) is 6.66. The van der Waals surface area contributed by atoms with Crippen LogP contribution in [0.4, 0.5) is 65.9 Å². The molecule has 0 amide bonds. The molecule has 0 fully saturated rings. The van der Waals surface area contributed by atoms with Gasteiger partial charge in [0, 0.05) is 14.7 Å².